The fourth-order valence-corrected chi connectivity index (χ4v) is 3.13. The minimum absolute atomic E-state index is 0.130. The van der Waals surface area contributed by atoms with E-state index in [1.54, 1.807) is 13.3 Å². The van der Waals surface area contributed by atoms with E-state index < -0.39 is 0 Å². The first-order chi connectivity index (χ1) is 14.7. The monoisotopic (exact) mass is 402 g/mol. The van der Waals surface area contributed by atoms with Crippen LogP contribution in [-0.4, -0.2) is 19.2 Å². The van der Waals surface area contributed by atoms with Crippen LogP contribution in [0.3, 0.4) is 0 Å². The summed E-state index contributed by atoms with van der Waals surface area (Å²) in [6.07, 6.45) is 2.30. The van der Waals surface area contributed by atoms with E-state index in [2.05, 4.69) is 10.5 Å². The molecule has 5 nitrogen and oxygen atoms in total. The Labute approximate surface area is 177 Å². The average Bonchev–Trinajstić information content (AvgIpc) is 2.80. The normalized spacial score (nSPS) is 11.8. The van der Waals surface area contributed by atoms with E-state index >= 15 is 0 Å². The van der Waals surface area contributed by atoms with Crippen LogP contribution in [0.15, 0.2) is 84.0 Å². The molecule has 1 N–H and O–H groups in total. The fraction of sp³-hybridized carbons (Fsp3) is 0.200. The summed E-state index contributed by atoms with van der Waals surface area (Å²) in [6, 6.07) is 25.2. The van der Waals surface area contributed by atoms with Gasteiger partial charge in [0.05, 0.1) is 19.2 Å². The second-order valence-electron chi connectivity index (χ2n) is 6.79. The lowest BCUT2D eigenvalue weighted by atomic mass is 9.96. The maximum atomic E-state index is 12.5. The van der Waals surface area contributed by atoms with Crippen molar-refractivity contribution in [3.05, 3.63) is 95.6 Å². The number of ether oxygens (including phenoxy) is 2. The van der Waals surface area contributed by atoms with Gasteiger partial charge in [-0.05, 0) is 41.3 Å². The van der Waals surface area contributed by atoms with E-state index in [9.17, 15) is 4.79 Å². The van der Waals surface area contributed by atoms with E-state index in [4.69, 9.17) is 9.47 Å². The third-order valence-electron chi connectivity index (χ3n) is 4.74. The number of amides is 1. The molecule has 0 saturated carbocycles. The van der Waals surface area contributed by atoms with Gasteiger partial charge in [0.1, 0.15) is 6.61 Å². The molecular weight excluding hydrogens is 376 g/mol. The molecule has 0 saturated heterocycles. The zero-order valence-corrected chi connectivity index (χ0v) is 17.2. The molecule has 0 aliphatic heterocycles. The molecule has 0 aliphatic rings. The summed E-state index contributed by atoms with van der Waals surface area (Å²) in [5, 5.41) is 4.11. The summed E-state index contributed by atoms with van der Waals surface area (Å²) >= 11 is 0. The van der Waals surface area contributed by atoms with E-state index in [-0.39, 0.29) is 11.8 Å². The fourth-order valence-electron chi connectivity index (χ4n) is 3.13. The van der Waals surface area contributed by atoms with Crippen molar-refractivity contribution < 1.29 is 14.3 Å². The van der Waals surface area contributed by atoms with Crippen LogP contribution in [0.2, 0.25) is 0 Å². The highest BCUT2D eigenvalue weighted by atomic mass is 16.5. The smallest absolute Gasteiger partial charge is 0.247 e. The SMILES string of the molecule is CCC(C(=O)N/N=C/c1ccc(OCc2ccccc2)c(OC)c1)c1ccccc1. The Morgan fingerprint density at radius 1 is 1.00 bits per heavy atom. The van der Waals surface area contributed by atoms with Gasteiger partial charge in [-0.25, -0.2) is 5.43 Å². The van der Waals surface area contributed by atoms with Crippen molar-refractivity contribution in [3.63, 3.8) is 0 Å². The van der Waals surface area contributed by atoms with Crippen molar-refractivity contribution in [3.8, 4) is 11.5 Å². The molecule has 0 heterocycles. The summed E-state index contributed by atoms with van der Waals surface area (Å²) in [4.78, 5) is 12.5. The molecular formula is C25H26N2O3. The molecule has 3 aromatic rings. The summed E-state index contributed by atoms with van der Waals surface area (Å²) in [5.41, 5.74) is 5.50. The molecule has 0 aromatic heterocycles. The highest BCUT2D eigenvalue weighted by molar-refractivity contribution is 5.86. The van der Waals surface area contributed by atoms with Crippen molar-refractivity contribution in [1.82, 2.24) is 5.43 Å². The van der Waals surface area contributed by atoms with Crippen LogP contribution in [0, 0.1) is 0 Å². The lowest BCUT2D eigenvalue weighted by molar-refractivity contribution is -0.122. The molecule has 1 unspecified atom stereocenters. The first-order valence-electron chi connectivity index (χ1n) is 9.94. The van der Waals surface area contributed by atoms with Gasteiger partial charge in [0, 0.05) is 0 Å². The molecule has 30 heavy (non-hydrogen) atoms. The summed E-state index contributed by atoms with van der Waals surface area (Å²) < 4.78 is 11.3. The topological polar surface area (TPSA) is 59.9 Å². The standard InChI is InChI=1S/C25H26N2O3/c1-3-22(21-12-8-5-9-13-21)25(28)27-26-17-20-14-15-23(24(16-20)29-2)30-18-19-10-6-4-7-11-19/h4-17,22H,3,18H2,1-2H3,(H,27,28)/b26-17+. The lowest BCUT2D eigenvalue weighted by Crippen LogP contribution is -2.25. The molecule has 3 rings (SSSR count). The molecule has 3 aromatic carbocycles. The van der Waals surface area contributed by atoms with Crippen molar-refractivity contribution in [2.75, 3.05) is 7.11 Å². The number of benzene rings is 3. The van der Waals surface area contributed by atoms with Gasteiger partial charge in [-0.15, -0.1) is 0 Å². The van der Waals surface area contributed by atoms with Crippen LogP contribution in [0.5, 0.6) is 11.5 Å². The Bertz CT molecular complexity index is 972. The van der Waals surface area contributed by atoms with Gasteiger partial charge in [-0.3, -0.25) is 4.79 Å². The summed E-state index contributed by atoms with van der Waals surface area (Å²) in [6.45, 7) is 2.44. The molecule has 154 valence electrons. The van der Waals surface area contributed by atoms with Gasteiger partial charge < -0.3 is 9.47 Å². The minimum atomic E-state index is -0.230. The molecule has 1 atom stereocenters. The number of nitrogens with zero attached hydrogens (tertiary/aromatic N) is 1. The van der Waals surface area contributed by atoms with E-state index in [1.807, 2.05) is 85.8 Å². The summed E-state index contributed by atoms with van der Waals surface area (Å²) in [5.74, 6) is 0.899. The zero-order chi connectivity index (χ0) is 21.2. The number of rotatable bonds is 9. The molecule has 0 aliphatic carbocycles. The molecule has 0 spiro atoms. The predicted molar refractivity (Wildman–Crippen MR) is 119 cm³/mol. The lowest BCUT2D eigenvalue weighted by Gasteiger charge is -2.13. The van der Waals surface area contributed by atoms with Crippen LogP contribution in [0.25, 0.3) is 0 Å². The number of methoxy groups -OCH3 is 1. The number of hydrazone groups is 1. The minimum Gasteiger partial charge on any atom is -0.493 e. The Kier molecular flexibility index (Phi) is 7.61. The van der Waals surface area contributed by atoms with Gasteiger partial charge in [-0.1, -0.05) is 67.6 Å². The van der Waals surface area contributed by atoms with Crippen molar-refractivity contribution in [2.45, 2.75) is 25.9 Å². The predicted octanol–water partition coefficient (Wildman–Crippen LogP) is 4.92. The van der Waals surface area contributed by atoms with Crippen molar-refractivity contribution in [1.29, 1.82) is 0 Å². The first-order valence-corrected chi connectivity index (χ1v) is 9.94. The van der Waals surface area contributed by atoms with Crippen LogP contribution < -0.4 is 14.9 Å². The molecule has 5 heteroatoms. The second kappa shape index (κ2) is 10.8. The van der Waals surface area contributed by atoms with Crippen molar-refractivity contribution in [2.24, 2.45) is 5.10 Å². The third kappa shape index (κ3) is 5.70. The van der Waals surface area contributed by atoms with E-state index in [0.29, 0.717) is 24.5 Å². The Balaban J connectivity index is 1.62. The Morgan fingerprint density at radius 3 is 2.37 bits per heavy atom. The molecule has 0 radical (unpaired) electrons. The van der Waals surface area contributed by atoms with Gasteiger partial charge >= 0.3 is 0 Å². The van der Waals surface area contributed by atoms with Gasteiger partial charge in [0.15, 0.2) is 11.5 Å². The maximum Gasteiger partial charge on any atom is 0.247 e. The third-order valence-corrected chi connectivity index (χ3v) is 4.74. The number of nitrogens with one attached hydrogen (secondary N) is 1. The summed E-state index contributed by atoms with van der Waals surface area (Å²) in [7, 11) is 1.60. The second-order valence-corrected chi connectivity index (χ2v) is 6.79. The van der Waals surface area contributed by atoms with Gasteiger partial charge in [0.25, 0.3) is 0 Å². The quantitative estimate of drug-likeness (QED) is 0.408. The number of carbonyl (C=O) groups excluding carboxylic acids is 1. The van der Waals surface area contributed by atoms with Gasteiger partial charge in [-0.2, -0.15) is 5.10 Å². The van der Waals surface area contributed by atoms with Crippen LogP contribution in [0.1, 0.15) is 36.0 Å². The molecule has 1 amide bonds. The highest BCUT2D eigenvalue weighted by Gasteiger charge is 2.17. The van der Waals surface area contributed by atoms with Crippen LogP contribution in [-0.2, 0) is 11.4 Å². The average molecular weight is 402 g/mol. The van der Waals surface area contributed by atoms with Crippen LogP contribution in [0.4, 0.5) is 0 Å². The maximum absolute atomic E-state index is 12.5. The number of hydrogen-bond acceptors (Lipinski definition) is 4. The molecule has 0 bridgehead atoms. The Hall–Kier alpha value is -3.60. The van der Waals surface area contributed by atoms with Crippen molar-refractivity contribution >= 4 is 12.1 Å². The Morgan fingerprint density at radius 2 is 1.70 bits per heavy atom. The van der Waals surface area contributed by atoms with E-state index in [1.165, 1.54) is 0 Å². The largest absolute Gasteiger partial charge is 0.493 e. The molecule has 0 fully saturated rings. The number of carbonyl (C=O) groups is 1. The van der Waals surface area contributed by atoms with E-state index in [0.717, 1.165) is 16.7 Å². The van der Waals surface area contributed by atoms with Gasteiger partial charge in [0.2, 0.25) is 5.91 Å². The highest BCUT2D eigenvalue weighted by Crippen LogP contribution is 2.28. The number of hydrogen-bond donors (Lipinski definition) is 1. The van der Waals surface area contributed by atoms with Crippen LogP contribution >= 0.6 is 0 Å². The zero-order valence-electron chi connectivity index (χ0n) is 17.2. The first kappa shape index (κ1) is 21.1.